The molecule has 0 radical (unpaired) electrons. The summed E-state index contributed by atoms with van der Waals surface area (Å²) < 4.78 is 38.1. The van der Waals surface area contributed by atoms with E-state index in [1.54, 1.807) is 0 Å². The molecule has 0 aliphatic heterocycles. The molecule has 0 unspecified atom stereocenters. The smallest absolute Gasteiger partial charge is 0.168 e. The van der Waals surface area contributed by atoms with Gasteiger partial charge in [-0.25, -0.2) is 13.2 Å². The Hall–Kier alpha value is -1.23. The van der Waals surface area contributed by atoms with Gasteiger partial charge in [0.2, 0.25) is 0 Å². The normalized spacial score (nSPS) is 10.5. The van der Waals surface area contributed by atoms with E-state index in [1.807, 2.05) is 0 Å². The molecule has 0 saturated carbocycles. The third-order valence-corrected chi connectivity index (χ3v) is 1.63. The molecule has 0 amide bonds. The van der Waals surface area contributed by atoms with Crippen LogP contribution in [0.5, 0.6) is 5.75 Å². The maximum absolute atomic E-state index is 12.9. The van der Waals surface area contributed by atoms with Crippen molar-refractivity contribution in [3.63, 3.8) is 0 Å². The number of hydrogen-bond acceptors (Lipinski definition) is 2. The topological polar surface area (TPSA) is 46.2 Å². The summed E-state index contributed by atoms with van der Waals surface area (Å²) in [7, 11) is 0. The minimum Gasteiger partial charge on any atom is -0.505 e. The SMILES string of the molecule is NCCc1c(O)c(F)cc(F)c1F. The zero-order valence-corrected chi connectivity index (χ0v) is 6.65. The number of rotatable bonds is 2. The Bertz CT molecular complexity index is 301. The monoisotopic (exact) mass is 191 g/mol. The van der Waals surface area contributed by atoms with Gasteiger partial charge in [0.15, 0.2) is 23.2 Å². The number of phenols is 1. The molecule has 1 rings (SSSR count). The van der Waals surface area contributed by atoms with Crippen LogP contribution < -0.4 is 5.73 Å². The van der Waals surface area contributed by atoms with Gasteiger partial charge in [-0.15, -0.1) is 0 Å². The molecule has 3 N–H and O–H groups in total. The van der Waals surface area contributed by atoms with E-state index in [-0.39, 0.29) is 13.0 Å². The minimum absolute atomic E-state index is 0.00731. The first-order valence-electron chi connectivity index (χ1n) is 3.63. The van der Waals surface area contributed by atoms with Crippen molar-refractivity contribution in [2.75, 3.05) is 6.54 Å². The van der Waals surface area contributed by atoms with E-state index in [2.05, 4.69) is 0 Å². The van der Waals surface area contributed by atoms with E-state index >= 15 is 0 Å². The molecule has 0 bridgehead atoms. The number of benzene rings is 1. The Morgan fingerprint density at radius 2 is 1.85 bits per heavy atom. The molecule has 72 valence electrons. The molecule has 1 aromatic carbocycles. The molecule has 0 atom stereocenters. The van der Waals surface area contributed by atoms with Crippen molar-refractivity contribution in [1.82, 2.24) is 0 Å². The Morgan fingerprint density at radius 1 is 1.23 bits per heavy atom. The number of nitrogens with two attached hydrogens (primary N) is 1. The molecule has 5 heteroatoms. The van der Waals surface area contributed by atoms with E-state index < -0.39 is 28.8 Å². The van der Waals surface area contributed by atoms with Gasteiger partial charge in [-0.3, -0.25) is 0 Å². The van der Waals surface area contributed by atoms with Crippen molar-refractivity contribution in [2.45, 2.75) is 6.42 Å². The maximum atomic E-state index is 12.9. The fourth-order valence-electron chi connectivity index (χ4n) is 1.01. The molecule has 0 heterocycles. The summed E-state index contributed by atoms with van der Waals surface area (Å²) in [5.74, 6) is -4.62. The summed E-state index contributed by atoms with van der Waals surface area (Å²) in [6, 6.07) is 0.296. The largest absolute Gasteiger partial charge is 0.505 e. The first-order valence-corrected chi connectivity index (χ1v) is 3.63. The number of phenolic OH excluding ortho intramolecular Hbond substituents is 1. The second kappa shape index (κ2) is 3.66. The van der Waals surface area contributed by atoms with Gasteiger partial charge in [-0.05, 0) is 13.0 Å². The van der Waals surface area contributed by atoms with E-state index in [0.29, 0.717) is 6.07 Å². The van der Waals surface area contributed by atoms with Gasteiger partial charge in [-0.2, -0.15) is 0 Å². The first-order chi connectivity index (χ1) is 6.07. The lowest BCUT2D eigenvalue weighted by Crippen LogP contribution is -2.07. The lowest BCUT2D eigenvalue weighted by Gasteiger charge is -2.05. The standard InChI is InChI=1S/C8H8F3NO/c9-5-3-6(10)8(13)4(1-2-12)7(5)11/h3,13H,1-2,12H2. The van der Waals surface area contributed by atoms with Gasteiger partial charge in [0.05, 0.1) is 0 Å². The molecule has 1 aromatic rings. The molecule has 0 aromatic heterocycles. The van der Waals surface area contributed by atoms with Gasteiger partial charge in [-0.1, -0.05) is 0 Å². The van der Waals surface area contributed by atoms with Crippen molar-refractivity contribution in [3.05, 3.63) is 29.1 Å². The number of hydrogen-bond donors (Lipinski definition) is 2. The minimum atomic E-state index is -1.32. The highest BCUT2D eigenvalue weighted by molar-refractivity contribution is 5.35. The van der Waals surface area contributed by atoms with Gasteiger partial charge in [0, 0.05) is 11.6 Å². The van der Waals surface area contributed by atoms with Crippen molar-refractivity contribution in [3.8, 4) is 5.75 Å². The fourth-order valence-corrected chi connectivity index (χ4v) is 1.01. The zero-order valence-electron chi connectivity index (χ0n) is 6.65. The van der Waals surface area contributed by atoms with Crippen LogP contribution in [0.3, 0.4) is 0 Å². The molecule has 0 spiro atoms. The molecule has 2 nitrogen and oxygen atoms in total. The van der Waals surface area contributed by atoms with Crippen LogP contribution in [0.4, 0.5) is 13.2 Å². The molecule has 0 aliphatic carbocycles. The predicted molar refractivity (Wildman–Crippen MR) is 40.7 cm³/mol. The quantitative estimate of drug-likeness (QED) is 0.692. The highest BCUT2D eigenvalue weighted by atomic mass is 19.2. The van der Waals surface area contributed by atoms with Crippen LogP contribution in [0.2, 0.25) is 0 Å². The molecular formula is C8H8F3NO. The third kappa shape index (κ3) is 1.75. The molecule has 13 heavy (non-hydrogen) atoms. The van der Waals surface area contributed by atoms with E-state index in [4.69, 9.17) is 10.8 Å². The summed E-state index contributed by atoms with van der Waals surface area (Å²) in [4.78, 5) is 0. The molecule has 0 saturated heterocycles. The lowest BCUT2D eigenvalue weighted by atomic mass is 10.1. The van der Waals surface area contributed by atoms with Crippen LogP contribution in [0.25, 0.3) is 0 Å². The van der Waals surface area contributed by atoms with Crippen molar-refractivity contribution >= 4 is 0 Å². The van der Waals surface area contributed by atoms with Crippen molar-refractivity contribution in [1.29, 1.82) is 0 Å². The Balaban J connectivity index is 3.28. The van der Waals surface area contributed by atoms with Gasteiger partial charge in [0.25, 0.3) is 0 Å². The van der Waals surface area contributed by atoms with Crippen LogP contribution in [-0.4, -0.2) is 11.7 Å². The van der Waals surface area contributed by atoms with Crippen LogP contribution in [-0.2, 0) is 6.42 Å². The zero-order chi connectivity index (χ0) is 10.0. The lowest BCUT2D eigenvalue weighted by molar-refractivity contribution is 0.402. The van der Waals surface area contributed by atoms with E-state index in [9.17, 15) is 13.2 Å². The van der Waals surface area contributed by atoms with Crippen molar-refractivity contribution < 1.29 is 18.3 Å². The summed E-state index contributed by atoms with van der Waals surface area (Å²) >= 11 is 0. The average Bonchev–Trinajstić information content (AvgIpc) is 2.09. The Morgan fingerprint density at radius 3 is 2.38 bits per heavy atom. The Kier molecular flexibility index (Phi) is 2.77. The Labute approximate surface area is 72.8 Å². The van der Waals surface area contributed by atoms with Crippen molar-refractivity contribution in [2.24, 2.45) is 5.73 Å². The number of halogens is 3. The summed E-state index contributed by atoms with van der Waals surface area (Å²) in [5, 5.41) is 9.00. The highest BCUT2D eigenvalue weighted by Crippen LogP contribution is 2.26. The van der Waals surface area contributed by atoms with E-state index in [0.717, 1.165) is 0 Å². The molecular weight excluding hydrogens is 183 g/mol. The fraction of sp³-hybridized carbons (Fsp3) is 0.250. The van der Waals surface area contributed by atoms with Crippen LogP contribution in [0, 0.1) is 17.5 Å². The highest BCUT2D eigenvalue weighted by Gasteiger charge is 2.17. The van der Waals surface area contributed by atoms with Gasteiger partial charge < -0.3 is 10.8 Å². The predicted octanol–water partition coefficient (Wildman–Crippen LogP) is 1.31. The average molecular weight is 191 g/mol. The second-order valence-corrected chi connectivity index (χ2v) is 2.52. The third-order valence-electron chi connectivity index (χ3n) is 1.63. The molecule has 0 aliphatic rings. The van der Waals surface area contributed by atoms with Gasteiger partial charge in [0.1, 0.15) is 0 Å². The second-order valence-electron chi connectivity index (χ2n) is 2.52. The van der Waals surface area contributed by atoms with Crippen LogP contribution in [0.15, 0.2) is 6.07 Å². The van der Waals surface area contributed by atoms with E-state index in [1.165, 1.54) is 0 Å². The van der Waals surface area contributed by atoms with Crippen LogP contribution >= 0.6 is 0 Å². The first kappa shape index (κ1) is 9.85. The number of aromatic hydroxyl groups is 1. The summed E-state index contributed by atoms with van der Waals surface area (Å²) in [6.45, 7) is 0.00731. The van der Waals surface area contributed by atoms with Crippen LogP contribution in [0.1, 0.15) is 5.56 Å². The molecule has 0 fully saturated rings. The maximum Gasteiger partial charge on any atom is 0.168 e. The summed E-state index contributed by atoms with van der Waals surface area (Å²) in [5.41, 5.74) is 4.66. The summed E-state index contributed by atoms with van der Waals surface area (Å²) in [6.07, 6.45) is -0.105. The van der Waals surface area contributed by atoms with Gasteiger partial charge >= 0.3 is 0 Å².